The van der Waals surface area contributed by atoms with Gasteiger partial charge in [0.2, 0.25) is 5.91 Å². The standard InChI is InChI=1S/C14H20ClN3O2/c1-4-18(5-2)13(19)9-17(3)14(20)11-8-10(15)6-7-12(11)16/h6-8H,4-5,9,16H2,1-3H3. The first kappa shape index (κ1) is 16.3. The number of carbonyl (C=O) groups is 2. The number of benzene rings is 1. The van der Waals surface area contributed by atoms with Gasteiger partial charge in [0.15, 0.2) is 0 Å². The Morgan fingerprint density at radius 1 is 1.25 bits per heavy atom. The molecule has 0 unspecified atom stereocenters. The molecule has 0 atom stereocenters. The Morgan fingerprint density at radius 3 is 2.40 bits per heavy atom. The van der Waals surface area contributed by atoms with E-state index in [-0.39, 0.29) is 18.4 Å². The number of nitrogen functional groups attached to an aromatic ring is 1. The summed E-state index contributed by atoms with van der Waals surface area (Å²) in [6.07, 6.45) is 0. The number of halogens is 1. The molecule has 20 heavy (non-hydrogen) atoms. The predicted octanol–water partition coefficient (Wildman–Crippen LogP) is 1.86. The SMILES string of the molecule is CCN(CC)C(=O)CN(C)C(=O)c1cc(Cl)ccc1N. The largest absolute Gasteiger partial charge is 0.398 e. The molecule has 110 valence electrons. The molecule has 0 fully saturated rings. The van der Waals surface area contributed by atoms with Crippen LogP contribution in [0.25, 0.3) is 0 Å². The highest BCUT2D eigenvalue weighted by atomic mass is 35.5. The van der Waals surface area contributed by atoms with Gasteiger partial charge in [-0.1, -0.05) is 11.6 Å². The highest BCUT2D eigenvalue weighted by Gasteiger charge is 2.19. The van der Waals surface area contributed by atoms with E-state index in [2.05, 4.69) is 0 Å². The van der Waals surface area contributed by atoms with Crippen LogP contribution < -0.4 is 5.73 Å². The molecule has 5 nitrogen and oxygen atoms in total. The molecule has 2 amide bonds. The lowest BCUT2D eigenvalue weighted by molar-refractivity contribution is -0.131. The molecule has 0 bridgehead atoms. The summed E-state index contributed by atoms with van der Waals surface area (Å²) in [6.45, 7) is 5.07. The topological polar surface area (TPSA) is 66.6 Å². The van der Waals surface area contributed by atoms with E-state index >= 15 is 0 Å². The van der Waals surface area contributed by atoms with Crippen LogP contribution in [-0.2, 0) is 4.79 Å². The molecule has 0 saturated heterocycles. The van der Waals surface area contributed by atoms with Gasteiger partial charge in [0.25, 0.3) is 5.91 Å². The lowest BCUT2D eigenvalue weighted by atomic mass is 10.1. The van der Waals surface area contributed by atoms with E-state index in [1.165, 1.54) is 11.0 Å². The average molecular weight is 298 g/mol. The van der Waals surface area contributed by atoms with Gasteiger partial charge in [-0.25, -0.2) is 0 Å². The van der Waals surface area contributed by atoms with Crippen molar-refractivity contribution in [3.8, 4) is 0 Å². The van der Waals surface area contributed by atoms with Crippen molar-refractivity contribution in [1.29, 1.82) is 0 Å². The zero-order chi connectivity index (χ0) is 15.3. The zero-order valence-electron chi connectivity index (χ0n) is 12.0. The molecule has 1 aromatic rings. The number of carbonyl (C=O) groups excluding carboxylic acids is 2. The van der Waals surface area contributed by atoms with E-state index in [4.69, 9.17) is 17.3 Å². The van der Waals surface area contributed by atoms with E-state index in [0.717, 1.165) is 0 Å². The fraction of sp³-hybridized carbons (Fsp3) is 0.429. The summed E-state index contributed by atoms with van der Waals surface area (Å²) in [7, 11) is 1.57. The first-order chi connectivity index (χ1) is 9.40. The first-order valence-corrected chi connectivity index (χ1v) is 6.86. The van der Waals surface area contributed by atoms with Gasteiger partial charge in [0, 0.05) is 30.8 Å². The second kappa shape index (κ2) is 7.14. The third-order valence-electron chi connectivity index (χ3n) is 3.08. The summed E-state index contributed by atoms with van der Waals surface area (Å²) in [6, 6.07) is 4.71. The molecule has 2 N–H and O–H groups in total. The smallest absolute Gasteiger partial charge is 0.256 e. The van der Waals surface area contributed by atoms with E-state index in [1.807, 2.05) is 13.8 Å². The minimum Gasteiger partial charge on any atom is -0.398 e. The number of hydrogen-bond acceptors (Lipinski definition) is 3. The normalized spacial score (nSPS) is 10.2. The summed E-state index contributed by atoms with van der Waals surface area (Å²) in [5.74, 6) is -0.406. The minimum atomic E-state index is -0.314. The number of nitrogens with zero attached hydrogens (tertiary/aromatic N) is 2. The third-order valence-corrected chi connectivity index (χ3v) is 3.32. The Balaban J connectivity index is 2.82. The molecule has 0 saturated carbocycles. The Morgan fingerprint density at radius 2 is 1.85 bits per heavy atom. The maximum absolute atomic E-state index is 12.3. The van der Waals surface area contributed by atoms with Crippen LogP contribution in [0, 0.1) is 0 Å². The number of rotatable bonds is 5. The summed E-state index contributed by atoms with van der Waals surface area (Å²) >= 11 is 5.87. The highest BCUT2D eigenvalue weighted by molar-refractivity contribution is 6.31. The van der Waals surface area contributed by atoms with Crippen molar-refractivity contribution >= 4 is 29.1 Å². The molecule has 0 aliphatic carbocycles. The molecule has 1 rings (SSSR count). The lowest BCUT2D eigenvalue weighted by Crippen LogP contribution is -2.41. The average Bonchev–Trinajstić information content (AvgIpc) is 2.42. The number of anilines is 1. The van der Waals surface area contributed by atoms with Gasteiger partial charge in [-0.2, -0.15) is 0 Å². The molecule has 0 aliphatic rings. The molecule has 0 aromatic heterocycles. The van der Waals surface area contributed by atoms with Crippen molar-refractivity contribution in [1.82, 2.24) is 9.80 Å². The van der Waals surface area contributed by atoms with Crippen LogP contribution in [0.2, 0.25) is 5.02 Å². The molecule has 0 heterocycles. The van der Waals surface area contributed by atoms with Crippen LogP contribution in [-0.4, -0.2) is 48.3 Å². The van der Waals surface area contributed by atoms with Crippen molar-refractivity contribution in [3.63, 3.8) is 0 Å². The molecule has 0 aliphatic heterocycles. The fourth-order valence-corrected chi connectivity index (χ4v) is 2.04. The van der Waals surface area contributed by atoms with Gasteiger partial charge in [-0.15, -0.1) is 0 Å². The van der Waals surface area contributed by atoms with Crippen molar-refractivity contribution < 1.29 is 9.59 Å². The van der Waals surface area contributed by atoms with Gasteiger partial charge in [-0.3, -0.25) is 9.59 Å². The third kappa shape index (κ3) is 3.87. The molecular weight excluding hydrogens is 278 g/mol. The monoisotopic (exact) mass is 297 g/mol. The van der Waals surface area contributed by atoms with Gasteiger partial charge in [0.05, 0.1) is 12.1 Å². The van der Waals surface area contributed by atoms with Crippen molar-refractivity contribution in [2.45, 2.75) is 13.8 Å². The Bertz CT molecular complexity index is 501. The second-order valence-corrected chi connectivity index (χ2v) is 4.90. The van der Waals surface area contributed by atoms with E-state index in [0.29, 0.717) is 29.4 Å². The van der Waals surface area contributed by atoms with Crippen LogP contribution in [0.4, 0.5) is 5.69 Å². The van der Waals surface area contributed by atoms with Crippen molar-refractivity contribution in [3.05, 3.63) is 28.8 Å². The highest BCUT2D eigenvalue weighted by Crippen LogP contribution is 2.19. The van der Waals surface area contributed by atoms with Crippen LogP contribution in [0.5, 0.6) is 0 Å². The van der Waals surface area contributed by atoms with Gasteiger partial charge in [-0.05, 0) is 32.0 Å². The quantitative estimate of drug-likeness (QED) is 0.844. The maximum Gasteiger partial charge on any atom is 0.256 e. The van der Waals surface area contributed by atoms with E-state index in [9.17, 15) is 9.59 Å². The summed E-state index contributed by atoms with van der Waals surface area (Å²) in [5, 5.41) is 0.436. The Kier molecular flexibility index (Phi) is 5.82. The second-order valence-electron chi connectivity index (χ2n) is 4.46. The summed E-state index contributed by atoms with van der Waals surface area (Å²) in [4.78, 5) is 27.3. The predicted molar refractivity (Wildman–Crippen MR) is 80.8 cm³/mol. The van der Waals surface area contributed by atoms with Gasteiger partial charge in [0.1, 0.15) is 0 Å². The van der Waals surface area contributed by atoms with Crippen molar-refractivity contribution in [2.75, 3.05) is 32.4 Å². The number of likely N-dealkylation sites (N-methyl/N-ethyl adjacent to an activating group) is 2. The van der Waals surface area contributed by atoms with E-state index < -0.39 is 0 Å². The lowest BCUT2D eigenvalue weighted by Gasteiger charge is -2.23. The van der Waals surface area contributed by atoms with Gasteiger partial charge >= 0.3 is 0 Å². The Labute approximate surface area is 124 Å². The fourth-order valence-electron chi connectivity index (χ4n) is 1.87. The van der Waals surface area contributed by atoms with Gasteiger partial charge < -0.3 is 15.5 Å². The summed E-state index contributed by atoms with van der Waals surface area (Å²) < 4.78 is 0. The molecular formula is C14H20ClN3O2. The maximum atomic E-state index is 12.3. The van der Waals surface area contributed by atoms with Crippen molar-refractivity contribution in [2.24, 2.45) is 0 Å². The van der Waals surface area contributed by atoms with Crippen LogP contribution in [0.1, 0.15) is 24.2 Å². The zero-order valence-corrected chi connectivity index (χ0v) is 12.8. The minimum absolute atomic E-state index is 0.0203. The van der Waals surface area contributed by atoms with Crippen LogP contribution in [0.3, 0.4) is 0 Å². The Hall–Kier alpha value is -1.75. The van der Waals surface area contributed by atoms with E-state index in [1.54, 1.807) is 24.1 Å². The molecule has 1 aromatic carbocycles. The number of hydrogen-bond donors (Lipinski definition) is 1. The number of nitrogens with two attached hydrogens (primary N) is 1. The van der Waals surface area contributed by atoms with Crippen LogP contribution >= 0.6 is 11.6 Å². The molecule has 0 spiro atoms. The van der Waals surface area contributed by atoms with Crippen LogP contribution in [0.15, 0.2) is 18.2 Å². The molecule has 6 heteroatoms. The first-order valence-electron chi connectivity index (χ1n) is 6.48. The summed E-state index contributed by atoms with van der Waals surface area (Å²) in [5.41, 5.74) is 6.43. The molecule has 0 radical (unpaired) electrons. The number of amides is 2.